The molecule has 0 spiro atoms. The lowest BCUT2D eigenvalue weighted by Crippen LogP contribution is -2.45. The molecule has 0 amide bonds. The van der Waals surface area contributed by atoms with E-state index in [0.717, 1.165) is 19.3 Å². The van der Waals surface area contributed by atoms with Crippen LogP contribution in [0.2, 0.25) is 0 Å². The number of benzene rings is 1. The highest BCUT2D eigenvalue weighted by Crippen LogP contribution is 2.40. The van der Waals surface area contributed by atoms with E-state index in [4.69, 9.17) is 0 Å². The van der Waals surface area contributed by atoms with Crippen LogP contribution in [0.15, 0.2) is 35.9 Å². The van der Waals surface area contributed by atoms with E-state index in [2.05, 4.69) is 54.0 Å². The van der Waals surface area contributed by atoms with Crippen molar-refractivity contribution in [3.05, 3.63) is 41.5 Å². The molecular formula is C24H36N2O2. The number of carbonyl (C=O) groups is 1. The monoisotopic (exact) mass is 384 g/mol. The first-order valence-electron chi connectivity index (χ1n) is 10.9. The molecule has 1 aromatic carbocycles. The number of carboxylic acids is 1. The summed E-state index contributed by atoms with van der Waals surface area (Å²) < 4.78 is 0. The summed E-state index contributed by atoms with van der Waals surface area (Å²) in [6.07, 6.45) is 9.37. The van der Waals surface area contributed by atoms with Crippen molar-refractivity contribution in [2.45, 2.75) is 77.4 Å². The van der Waals surface area contributed by atoms with Crippen LogP contribution in [0.4, 0.5) is 0 Å². The SMILES string of the molecule is CC/C(=C\c1ccccc1)[C@H]1C[C@@H]1NC1CCC(NCC(C)(C)C(=O)O)CC1. The van der Waals surface area contributed by atoms with Crippen molar-refractivity contribution < 1.29 is 9.90 Å². The minimum absolute atomic E-state index is 0.454. The smallest absolute Gasteiger partial charge is 0.310 e. The third-order valence-electron chi connectivity index (χ3n) is 6.42. The van der Waals surface area contributed by atoms with Gasteiger partial charge in [-0.15, -0.1) is 0 Å². The fourth-order valence-corrected chi connectivity index (χ4v) is 4.27. The highest BCUT2D eigenvalue weighted by molar-refractivity contribution is 5.73. The first kappa shape index (κ1) is 21.1. The number of rotatable bonds is 9. The molecule has 2 atom stereocenters. The molecule has 0 saturated heterocycles. The Kier molecular flexibility index (Phi) is 6.95. The first-order valence-corrected chi connectivity index (χ1v) is 10.9. The van der Waals surface area contributed by atoms with E-state index in [9.17, 15) is 9.90 Å². The Morgan fingerprint density at radius 3 is 2.39 bits per heavy atom. The van der Waals surface area contributed by atoms with Crippen LogP contribution in [0.1, 0.15) is 64.9 Å². The molecule has 4 nitrogen and oxygen atoms in total. The van der Waals surface area contributed by atoms with Crippen molar-refractivity contribution in [3.63, 3.8) is 0 Å². The van der Waals surface area contributed by atoms with Crippen LogP contribution in [0, 0.1) is 11.3 Å². The van der Waals surface area contributed by atoms with Gasteiger partial charge in [0, 0.05) is 24.7 Å². The summed E-state index contributed by atoms with van der Waals surface area (Å²) in [4.78, 5) is 11.2. The van der Waals surface area contributed by atoms with Crippen LogP contribution < -0.4 is 10.6 Å². The summed E-state index contributed by atoms with van der Waals surface area (Å²) in [6.45, 7) is 6.38. The molecule has 2 fully saturated rings. The fraction of sp³-hybridized carbons (Fsp3) is 0.625. The molecule has 0 unspecified atom stereocenters. The topological polar surface area (TPSA) is 61.4 Å². The number of nitrogens with one attached hydrogen (secondary N) is 2. The van der Waals surface area contributed by atoms with E-state index < -0.39 is 11.4 Å². The number of carboxylic acid groups (broad SMARTS) is 1. The van der Waals surface area contributed by atoms with Crippen molar-refractivity contribution in [2.75, 3.05) is 6.54 Å². The summed E-state index contributed by atoms with van der Waals surface area (Å²) in [7, 11) is 0. The third kappa shape index (κ3) is 5.68. The molecule has 2 aliphatic carbocycles. The van der Waals surface area contributed by atoms with Crippen LogP contribution in [-0.4, -0.2) is 35.7 Å². The van der Waals surface area contributed by atoms with Gasteiger partial charge in [-0.25, -0.2) is 0 Å². The Morgan fingerprint density at radius 1 is 1.14 bits per heavy atom. The zero-order valence-electron chi connectivity index (χ0n) is 17.6. The van der Waals surface area contributed by atoms with E-state index in [1.807, 2.05) is 0 Å². The van der Waals surface area contributed by atoms with Crippen LogP contribution in [0.25, 0.3) is 6.08 Å². The minimum Gasteiger partial charge on any atom is -0.481 e. The average Bonchev–Trinajstić information content (AvgIpc) is 3.45. The Bertz CT molecular complexity index is 675. The Labute approximate surface area is 169 Å². The Balaban J connectivity index is 1.41. The van der Waals surface area contributed by atoms with Crippen molar-refractivity contribution in [1.82, 2.24) is 10.6 Å². The maximum atomic E-state index is 11.2. The molecule has 0 radical (unpaired) electrons. The largest absolute Gasteiger partial charge is 0.481 e. The molecule has 0 bridgehead atoms. The van der Waals surface area contributed by atoms with E-state index in [-0.39, 0.29) is 0 Å². The van der Waals surface area contributed by atoms with Crippen LogP contribution >= 0.6 is 0 Å². The molecule has 0 aromatic heterocycles. The van der Waals surface area contributed by atoms with Crippen LogP contribution in [-0.2, 0) is 4.79 Å². The molecule has 0 heterocycles. The van der Waals surface area contributed by atoms with Crippen molar-refractivity contribution in [1.29, 1.82) is 0 Å². The molecule has 3 N–H and O–H groups in total. The number of hydrogen-bond donors (Lipinski definition) is 3. The van der Waals surface area contributed by atoms with Gasteiger partial charge in [-0.05, 0) is 63.9 Å². The second-order valence-electron chi connectivity index (χ2n) is 9.22. The van der Waals surface area contributed by atoms with E-state index >= 15 is 0 Å². The summed E-state index contributed by atoms with van der Waals surface area (Å²) >= 11 is 0. The number of hydrogen-bond acceptors (Lipinski definition) is 3. The summed E-state index contributed by atoms with van der Waals surface area (Å²) in [5.41, 5.74) is 2.17. The van der Waals surface area contributed by atoms with Gasteiger partial charge in [-0.1, -0.05) is 48.9 Å². The maximum absolute atomic E-state index is 11.2. The predicted molar refractivity (Wildman–Crippen MR) is 115 cm³/mol. The predicted octanol–water partition coefficient (Wildman–Crippen LogP) is 4.47. The molecule has 28 heavy (non-hydrogen) atoms. The Morgan fingerprint density at radius 2 is 1.79 bits per heavy atom. The Hall–Kier alpha value is -1.65. The van der Waals surface area contributed by atoms with E-state index in [0.29, 0.717) is 30.6 Å². The highest BCUT2D eigenvalue weighted by atomic mass is 16.4. The van der Waals surface area contributed by atoms with Crippen molar-refractivity contribution in [3.8, 4) is 0 Å². The molecular weight excluding hydrogens is 348 g/mol. The van der Waals surface area contributed by atoms with Crippen molar-refractivity contribution in [2.24, 2.45) is 11.3 Å². The minimum atomic E-state index is -0.731. The molecule has 0 aliphatic heterocycles. The van der Waals surface area contributed by atoms with E-state index in [1.54, 1.807) is 19.4 Å². The maximum Gasteiger partial charge on any atom is 0.310 e. The summed E-state index contributed by atoms with van der Waals surface area (Å²) in [5, 5.41) is 16.6. The van der Waals surface area contributed by atoms with Gasteiger partial charge in [0.25, 0.3) is 0 Å². The fourth-order valence-electron chi connectivity index (χ4n) is 4.27. The van der Waals surface area contributed by atoms with Gasteiger partial charge >= 0.3 is 5.97 Å². The molecule has 2 aliphatic rings. The van der Waals surface area contributed by atoms with Gasteiger partial charge in [0.1, 0.15) is 0 Å². The first-order chi connectivity index (χ1) is 13.4. The molecule has 1 aromatic rings. The lowest BCUT2D eigenvalue weighted by atomic mass is 9.88. The summed E-state index contributed by atoms with van der Waals surface area (Å²) in [6, 6.07) is 12.3. The zero-order chi connectivity index (χ0) is 20.1. The van der Waals surface area contributed by atoms with E-state index in [1.165, 1.54) is 24.8 Å². The standard InChI is InChI=1S/C24H36N2O2/c1-4-18(14-17-8-6-5-7-9-17)21-15-22(21)26-20-12-10-19(11-13-20)25-16-24(2,3)23(27)28/h5-9,14,19-22,25-26H,4,10-13,15-16H2,1-3H3,(H,27,28)/b18-14+/t19?,20?,21-,22+/m1/s1. The molecule has 3 rings (SSSR count). The lowest BCUT2D eigenvalue weighted by molar-refractivity contribution is -0.146. The third-order valence-corrected chi connectivity index (χ3v) is 6.42. The van der Waals surface area contributed by atoms with Crippen LogP contribution in [0.5, 0.6) is 0 Å². The molecule has 4 heteroatoms. The van der Waals surface area contributed by atoms with Gasteiger partial charge in [-0.3, -0.25) is 4.79 Å². The average molecular weight is 385 g/mol. The quantitative estimate of drug-likeness (QED) is 0.588. The highest BCUT2D eigenvalue weighted by Gasteiger charge is 2.40. The normalized spacial score (nSPS) is 28.2. The van der Waals surface area contributed by atoms with Gasteiger partial charge in [0.05, 0.1) is 5.41 Å². The van der Waals surface area contributed by atoms with Crippen molar-refractivity contribution >= 4 is 12.0 Å². The second kappa shape index (κ2) is 9.23. The second-order valence-corrected chi connectivity index (χ2v) is 9.22. The summed E-state index contributed by atoms with van der Waals surface area (Å²) in [5.74, 6) is -0.0390. The van der Waals surface area contributed by atoms with Crippen LogP contribution in [0.3, 0.4) is 0 Å². The van der Waals surface area contributed by atoms with Gasteiger partial charge in [0.2, 0.25) is 0 Å². The molecule has 2 saturated carbocycles. The van der Waals surface area contributed by atoms with Gasteiger partial charge < -0.3 is 15.7 Å². The lowest BCUT2D eigenvalue weighted by Gasteiger charge is -2.32. The number of aliphatic carboxylic acids is 1. The van der Waals surface area contributed by atoms with Gasteiger partial charge in [0.15, 0.2) is 0 Å². The molecule has 154 valence electrons. The zero-order valence-corrected chi connectivity index (χ0v) is 17.6. The van der Waals surface area contributed by atoms with Gasteiger partial charge in [-0.2, -0.15) is 0 Å².